The van der Waals surface area contributed by atoms with Crippen LogP contribution in [0.3, 0.4) is 0 Å². The summed E-state index contributed by atoms with van der Waals surface area (Å²) in [6, 6.07) is 19.9. The van der Waals surface area contributed by atoms with Crippen LogP contribution in [0.15, 0.2) is 76.3 Å². The second kappa shape index (κ2) is 5.63. The molecular weight excluding hydrogens is 352 g/mol. The largest absolute Gasteiger partial charge is 0.294 e. The second-order valence-corrected chi connectivity index (χ2v) is 6.39. The molecule has 0 radical (unpaired) electrons. The van der Waals surface area contributed by atoms with E-state index in [4.69, 9.17) is 0 Å². The maximum absolute atomic E-state index is 12.7. The quantitative estimate of drug-likeness (QED) is 0.529. The van der Waals surface area contributed by atoms with Gasteiger partial charge in [-0.05, 0) is 34.5 Å². The van der Waals surface area contributed by atoms with Crippen molar-refractivity contribution in [3.63, 3.8) is 0 Å². The van der Waals surface area contributed by atoms with Crippen molar-refractivity contribution in [2.75, 3.05) is 0 Å². The van der Waals surface area contributed by atoms with Gasteiger partial charge in [0, 0.05) is 4.47 Å². The second-order valence-electron chi connectivity index (χ2n) is 5.48. The number of rotatable bonds is 2. The molecule has 0 amide bonds. The van der Waals surface area contributed by atoms with Crippen LogP contribution in [0.5, 0.6) is 0 Å². The average molecular weight is 365 g/mol. The van der Waals surface area contributed by atoms with Gasteiger partial charge in [-0.2, -0.15) is 0 Å². The van der Waals surface area contributed by atoms with Gasteiger partial charge in [-0.25, -0.2) is 4.98 Å². The predicted molar refractivity (Wildman–Crippen MR) is 96.8 cm³/mol. The van der Waals surface area contributed by atoms with Gasteiger partial charge < -0.3 is 0 Å². The van der Waals surface area contributed by atoms with Crippen LogP contribution in [0, 0.1) is 0 Å². The molecule has 4 aromatic rings. The highest BCUT2D eigenvalue weighted by Crippen LogP contribution is 2.19. The molecule has 0 unspecified atom stereocenters. The first-order valence-electron chi connectivity index (χ1n) is 7.34. The van der Waals surface area contributed by atoms with E-state index in [0.29, 0.717) is 17.4 Å². The molecule has 0 aliphatic heterocycles. The number of benzene rings is 3. The van der Waals surface area contributed by atoms with E-state index >= 15 is 0 Å². The summed E-state index contributed by atoms with van der Waals surface area (Å²) in [5, 5.41) is 2.97. The maximum Gasteiger partial charge on any atom is 0.261 e. The number of hydrogen-bond acceptors (Lipinski definition) is 2. The summed E-state index contributed by atoms with van der Waals surface area (Å²) in [7, 11) is 0. The van der Waals surface area contributed by atoms with Crippen LogP contribution < -0.4 is 5.56 Å². The lowest BCUT2D eigenvalue weighted by Crippen LogP contribution is -2.21. The lowest BCUT2D eigenvalue weighted by molar-refractivity contribution is 0.752. The lowest BCUT2D eigenvalue weighted by atomic mass is 10.0. The topological polar surface area (TPSA) is 34.9 Å². The monoisotopic (exact) mass is 364 g/mol. The molecule has 0 fully saturated rings. The van der Waals surface area contributed by atoms with Crippen molar-refractivity contribution in [2.45, 2.75) is 6.54 Å². The van der Waals surface area contributed by atoms with Gasteiger partial charge in [-0.3, -0.25) is 9.36 Å². The van der Waals surface area contributed by atoms with Gasteiger partial charge in [0.1, 0.15) is 0 Å². The molecule has 0 atom stereocenters. The Morgan fingerprint density at radius 1 is 0.957 bits per heavy atom. The van der Waals surface area contributed by atoms with Crippen molar-refractivity contribution < 1.29 is 0 Å². The standard InChI is InChI=1S/C19H13BrN2O/c20-15-8-9-18-17(10-15)19(23)22(12-21-18)11-14-6-3-5-13-4-1-2-7-16(13)14/h1-10,12H,11H2. The van der Waals surface area contributed by atoms with Crippen molar-refractivity contribution in [3.05, 3.63) is 87.4 Å². The first-order valence-corrected chi connectivity index (χ1v) is 8.13. The number of nitrogens with zero attached hydrogens (tertiary/aromatic N) is 2. The molecule has 0 spiro atoms. The Bertz CT molecular complexity index is 1080. The van der Waals surface area contributed by atoms with Crippen LogP contribution in [0.2, 0.25) is 0 Å². The molecule has 4 rings (SSSR count). The SMILES string of the molecule is O=c1c2cc(Br)ccc2ncn1Cc1cccc2ccccc12. The molecule has 0 bridgehead atoms. The van der Waals surface area contributed by atoms with Crippen molar-refractivity contribution >= 4 is 37.6 Å². The Morgan fingerprint density at radius 2 is 1.78 bits per heavy atom. The Balaban J connectivity index is 1.86. The molecule has 0 saturated carbocycles. The number of halogens is 1. The molecule has 23 heavy (non-hydrogen) atoms. The van der Waals surface area contributed by atoms with Crippen molar-refractivity contribution in [2.24, 2.45) is 0 Å². The lowest BCUT2D eigenvalue weighted by Gasteiger charge is -2.09. The summed E-state index contributed by atoms with van der Waals surface area (Å²) >= 11 is 3.41. The first-order chi connectivity index (χ1) is 11.2. The van der Waals surface area contributed by atoms with E-state index in [0.717, 1.165) is 15.4 Å². The molecular formula is C19H13BrN2O. The fourth-order valence-electron chi connectivity index (χ4n) is 2.86. The molecule has 1 heterocycles. The molecule has 4 heteroatoms. The summed E-state index contributed by atoms with van der Waals surface area (Å²) in [6.45, 7) is 0.510. The minimum Gasteiger partial charge on any atom is -0.294 e. The third-order valence-corrected chi connectivity index (χ3v) is 4.50. The summed E-state index contributed by atoms with van der Waals surface area (Å²) in [6.07, 6.45) is 1.63. The number of fused-ring (bicyclic) bond motifs is 2. The molecule has 112 valence electrons. The van der Waals surface area contributed by atoms with Gasteiger partial charge in [0.25, 0.3) is 5.56 Å². The Labute approximate surface area is 141 Å². The Morgan fingerprint density at radius 3 is 2.70 bits per heavy atom. The van der Waals surface area contributed by atoms with Gasteiger partial charge in [-0.15, -0.1) is 0 Å². The van der Waals surface area contributed by atoms with Crippen LogP contribution in [-0.4, -0.2) is 9.55 Å². The third kappa shape index (κ3) is 2.55. The predicted octanol–water partition coefficient (Wildman–Crippen LogP) is 4.36. The van der Waals surface area contributed by atoms with E-state index in [1.807, 2.05) is 36.4 Å². The molecule has 0 N–H and O–H groups in total. The van der Waals surface area contributed by atoms with Gasteiger partial charge >= 0.3 is 0 Å². The fraction of sp³-hybridized carbons (Fsp3) is 0.0526. The van der Waals surface area contributed by atoms with Crippen LogP contribution in [0.4, 0.5) is 0 Å². The van der Waals surface area contributed by atoms with Crippen LogP contribution in [-0.2, 0) is 6.54 Å². The van der Waals surface area contributed by atoms with Crippen LogP contribution >= 0.6 is 15.9 Å². The maximum atomic E-state index is 12.7. The zero-order chi connectivity index (χ0) is 15.8. The summed E-state index contributed by atoms with van der Waals surface area (Å²) < 4.78 is 2.54. The van der Waals surface area contributed by atoms with Crippen LogP contribution in [0.25, 0.3) is 21.7 Å². The normalized spacial score (nSPS) is 11.2. The average Bonchev–Trinajstić information content (AvgIpc) is 2.58. The molecule has 3 aromatic carbocycles. The number of hydrogen-bond donors (Lipinski definition) is 0. The fourth-order valence-corrected chi connectivity index (χ4v) is 3.22. The zero-order valence-corrected chi connectivity index (χ0v) is 13.8. The zero-order valence-electron chi connectivity index (χ0n) is 12.2. The van der Waals surface area contributed by atoms with E-state index in [-0.39, 0.29) is 5.56 Å². The molecule has 0 aliphatic rings. The van der Waals surface area contributed by atoms with E-state index in [2.05, 4.69) is 45.2 Å². The highest BCUT2D eigenvalue weighted by atomic mass is 79.9. The van der Waals surface area contributed by atoms with Crippen molar-refractivity contribution in [3.8, 4) is 0 Å². The number of aromatic nitrogens is 2. The first kappa shape index (κ1) is 14.2. The summed E-state index contributed by atoms with van der Waals surface area (Å²) in [4.78, 5) is 17.1. The van der Waals surface area contributed by atoms with Crippen LogP contribution in [0.1, 0.15) is 5.56 Å². The third-order valence-electron chi connectivity index (χ3n) is 4.01. The minimum atomic E-state index is -0.0239. The van der Waals surface area contributed by atoms with E-state index in [9.17, 15) is 4.79 Å². The highest BCUT2D eigenvalue weighted by molar-refractivity contribution is 9.10. The summed E-state index contributed by atoms with van der Waals surface area (Å²) in [5.41, 5.74) is 1.80. The molecule has 0 aliphatic carbocycles. The van der Waals surface area contributed by atoms with E-state index < -0.39 is 0 Å². The molecule has 0 saturated heterocycles. The summed E-state index contributed by atoms with van der Waals surface area (Å²) in [5.74, 6) is 0. The smallest absolute Gasteiger partial charge is 0.261 e. The van der Waals surface area contributed by atoms with Gasteiger partial charge in [0.2, 0.25) is 0 Å². The molecule has 3 nitrogen and oxygen atoms in total. The van der Waals surface area contributed by atoms with Gasteiger partial charge in [0.15, 0.2) is 0 Å². The highest BCUT2D eigenvalue weighted by Gasteiger charge is 2.07. The van der Waals surface area contributed by atoms with Gasteiger partial charge in [0.05, 0.1) is 23.8 Å². The van der Waals surface area contributed by atoms with E-state index in [1.54, 1.807) is 10.9 Å². The Hall–Kier alpha value is -2.46. The van der Waals surface area contributed by atoms with Crippen molar-refractivity contribution in [1.82, 2.24) is 9.55 Å². The van der Waals surface area contributed by atoms with Crippen molar-refractivity contribution in [1.29, 1.82) is 0 Å². The Kier molecular flexibility index (Phi) is 3.46. The van der Waals surface area contributed by atoms with Gasteiger partial charge in [-0.1, -0.05) is 58.4 Å². The van der Waals surface area contributed by atoms with E-state index in [1.165, 1.54) is 5.39 Å². The molecule has 1 aromatic heterocycles. The minimum absolute atomic E-state index is 0.0239.